The average molecular weight is 463 g/mol. The van der Waals surface area contributed by atoms with E-state index in [0.29, 0.717) is 11.5 Å². The van der Waals surface area contributed by atoms with Crippen molar-refractivity contribution in [3.05, 3.63) is 29.8 Å². The SMILES string of the molecule is Cc1ccc(S(=O)(=O)N[C@H]2[C@H]([C@@H](C)I)OCC23CCCCC3)cc1. The highest BCUT2D eigenvalue weighted by Gasteiger charge is 2.52. The van der Waals surface area contributed by atoms with Gasteiger partial charge in [0, 0.05) is 9.34 Å². The molecule has 1 aliphatic carbocycles. The van der Waals surface area contributed by atoms with Crippen molar-refractivity contribution < 1.29 is 13.2 Å². The zero-order valence-corrected chi connectivity index (χ0v) is 17.3. The normalized spacial score (nSPS) is 28.1. The van der Waals surface area contributed by atoms with Crippen molar-refractivity contribution in [3.63, 3.8) is 0 Å². The largest absolute Gasteiger partial charge is 0.375 e. The maximum absolute atomic E-state index is 12.9. The average Bonchev–Trinajstić information content (AvgIpc) is 2.86. The molecule has 1 N–H and O–H groups in total. The minimum absolute atomic E-state index is 0.0416. The molecule has 1 aromatic carbocycles. The summed E-state index contributed by atoms with van der Waals surface area (Å²) in [5.41, 5.74) is 1.01. The van der Waals surface area contributed by atoms with Gasteiger partial charge in [0.05, 0.1) is 23.6 Å². The van der Waals surface area contributed by atoms with Crippen LogP contribution in [0.15, 0.2) is 29.2 Å². The van der Waals surface area contributed by atoms with Crippen LogP contribution in [-0.2, 0) is 14.8 Å². The van der Waals surface area contributed by atoms with Crippen LogP contribution in [0.25, 0.3) is 0 Å². The Hall–Kier alpha value is -0.180. The van der Waals surface area contributed by atoms with Gasteiger partial charge in [0.1, 0.15) is 0 Å². The molecule has 0 bridgehead atoms. The van der Waals surface area contributed by atoms with Crippen molar-refractivity contribution in [1.82, 2.24) is 4.72 Å². The van der Waals surface area contributed by atoms with E-state index in [4.69, 9.17) is 4.74 Å². The highest BCUT2D eigenvalue weighted by molar-refractivity contribution is 14.1. The predicted molar refractivity (Wildman–Crippen MR) is 104 cm³/mol. The van der Waals surface area contributed by atoms with Crippen LogP contribution in [0.4, 0.5) is 0 Å². The van der Waals surface area contributed by atoms with Crippen molar-refractivity contribution >= 4 is 32.6 Å². The number of halogens is 1. The second-order valence-electron chi connectivity index (χ2n) is 7.29. The highest BCUT2D eigenvalue weighted by atomic mass is 127. The fraction of sp³-hybridized carbons (Fsp3) is 0.667. The van der Waals surface area contributed by atoms with E-state index < -0.39 is 10.0 Å². The van der Waals surface area contributed by atoms with Crippen LogP contribution in [-0.4, -0.2) is 31.1 Å². The van der Waals surface area contributed by atoms with Gasteiger partial charge in [-0.05, 0) is 31.9 Å². The fourth-order valence-electron chi connectivity index (χ4n) is 4.05. The van der Waals surface area contributed by atoms with Gasteiger partial charge in [0.2, 0.25) is 10.0 Å². The van der Waals surface area contributed by atoms with Crippen LogP contribution in [0, 0.1) is 12.3 Å². The molecule has 2 fully saturated rings. The summed E-state index contributed by atoms with van der Waals surface area (Å²) in [5.74, 6) is 0. The molecular weight excluding hydrogens is 437 g/mol. The third kappa shape index (κ3) is 3.66. The lowest BCUT2D eigenvalue weighted by Crippen LogP contribution is -2.52. The Morgan fingerprint density at radius 1 is 1.21 bits per heavy atom. The van der Waals surface area contributed by atoms with Crippen LogP contribution < -0.4 is 4.72 Å². The summed E-state index contributed by atoms with van der Waals surface area (Å²) in [5, 5.41) is 0. The quantitative estimate of drug-likeness (QED) is 0.546. The molecular formula is C18H26INO3S. The molecule has 1 spiro atoms. The predicted octanol–water partition coefficient (Wildman–Crippen LogP) is 3.81. The molecule has 0 amide bonds. The Morgan fingerprint density at radius 3 is 2.42 bits per heavy atom. The summed E-state index contributed by atoms with van der Waals surface area (Å²) in [6, 6.07) is 6.91. The first-order chi connectivity index (χ1) is 11.3. The molecule has 1 heterocycles. The van der Waals surface area contributed by atoms with Gasteiger partial charge in [-0.3, -0.25) is 0 Å². The molecule has 6 heteroatoms. The van der Waals surface area contributed by atoms with Crippen LogP contribution >= 0.6 is 22.6 Å². The van der Waals surface area contributed by atoms with Crippen LogP contribution in [0.3, 0.4) is 0 Å². The van der Waals surface area contributed by atoms with Gasteiger partial charge in [0.25, 0.3) is 0 Å². The van der Waals surface area contributed by atoms with Gasteiger partial charge in [0.15, 0.2) is 0 Å². The Bertz CT molecular complexity index is 666. The first kappa shape index (κ1) is 18.6. The summed E-state index contributed by atoms with van der Waals surface area (Å²) in [4.78, 5) is 0.339. The van der Waals surface area contributed by atoms with Gasteiger partial charge in [-0.15, -0.1) is 0 Å². The standard InChI is InChI=1S/C18H26INO3S/c1-13-6-8-15(9-7-13)24(21,22)20-17-16(14(2)19)23-12-18(17)10-4-3-5-11-18/h6-9,14,16-17,20H,3-5,10-12H2,1-2H3/t14-,16+,17+/m1/s1. The number of rotatable bonds is 4. The first-order valence-electron chi connectivity index (χ1n) is 8.69. The molecule has 1 saturated heterocycles. The number of hydrogen-bond acceptors (Lipinski definition) is 3. The molecule has 4 nitrogen and oxygen atoms in total. The van der Waals surface area contributed by atoms with E-state index in [0.717, 1.165) is 31.2 Å². The number of ether oxygens (including phenoxy) is 1. The topological polar surface area (TPSA) is 55.4 Å². The van der Waals surface area contributed by atoms with E-state index in [1.807, 2.05) is 19.1 Å². The molecule has 24 heavy (non-hydrogen) atoms. The van der Waals surface area contributed by atoms with E-state index in [1.165, 1.54) is 6.42 Å². The van der Waals surface area contributed by atoms with Crippen molar-refractivity contribution in [2.45, 2.75) is 66.9 Å². The Kier molecular flexibility index (Phi) is 5.59. The molecule has 3 rings (SSSR count). The van der Waals surface area contributed by atoms with Gasteiger partial charge in [-0.2, -0.15) is 0 Å². The monoisotopic (exact) mass is 463 g/mol. The summed E-state index contributed by atoms with van der Waals surface area (Å²) in [6.07, 6.45) is 5.60. The molecule has 1 aromatic rings. The summed E-state index contributed by atoms with van der Waals surface area (Å²) >= 11 is 2.35. The maximum atomic E-state index is 12.9. The molecule has 1 saturated carbocycles. The fourth-order valence-corrected chi connectivity index (χ4v) is 6.02. The van der Waals surface area contributed by atoms with E-state index in [9.17, 15) is 8.42 Å². The summed E-state index contributed by atoms with van der Waals surface area (Å²) in [6.45, 7) is 4.73. The van der Waals surface area contributed by atoms with Gasteiger partial charge in [-0.25, -0.2) is 13.1 Å². The number of aryl methyl sites for hydroxylation is 1. The van der Waals surface area contributed by atoms with Gasteiger partial charge < -0.3 is 4.74 Å². The molecule has 1 aliphatic heterocycles. The minimum atomic E-state index is -3.54. The zero-order chi connectivity index (χ0) is 17.4. The van der Waals surface area contributed by atoms with Crippen LogP contribution in [0.1, 0.15) is 44.6 Å². The second kappa shape index (κ2) is 7.21. The number of benzene rings is 1. The smallest absolute Gasteiger partial charge is 0.240 e. The Labute approximate surface area is 158 Å². The lowest BCUT2D eigenvalue weighted by atomic mass is 9.70. The van der Waals surface area contributed by atoms with Crippen molar-refractivity contribution in [2.75, 3.05) is 6.61 Å². The zero-order valence-electron chi connectivity index (χ0n) is 14.3. The van der Waals surface area contributed by atoms with Crippen molar-refractivity contribution in [1.29, 1.82) is 0 Å². The maximum Gasteiger partial charge on any atom is 0.240 e. The van der Waals surface area contributed by atoms with Crippen LogP contribution in [0.5, 0.6) is 0 Å². The summed E-state index contributed by atoms with van der Waals surface area (Å²) in [7, 11) is -3.54. The number of nitrogens with one attached hydrogen (secondary N) is 1. The first-order valence-corrected chi connectivity index (χ1v) is 11.4. The van der Waals surface area contributed by atoms with Crippen molar-refractivity contribution in [3.8, 4) is 0 Å². The summed E-state index contributed by atoms with van der Waals surface area (Å²) < 4.78 is 35.2. The Morgan fingerprint density at radius 2 is 1.83 bits per heavy atom. The van der Waals surface area contributed by atoms with Crippen LogP contribution in [0.2, 0.25) is 0 Å². The second-order valence-corrected chi connectivity index (χ2v) is 11.0. The lowest BCUT2D eigenvalue weighted by molar-refractivity contribution is 0.0869. The Balaban J connectivity index is 1.89. The molecule has 0 aromatic heterocycles. The molecule has 3 atom stereocenters. The van der Waals surface area contributed by atoms with E-state index in [2.05, 4.69) is 34.2 Å². The minimum Gasteiger partial charge on any atom is -0.375 e. The third-order valence-corrected chi connectivity index (χ3v) is 7.63. The number of hydrogen-bond donors (Lipinski definition) is 1. The number of alkyl halides is 1. The molecule has 2 aliphatic rings. The highest BCUT2D eigenvalue weighted by Crippen LogP contribution is 2.47. The lowest BCUT2D eigenvalue weighted by Gasteiger charge is -2.39. The van der Waals surface area contributed by atoms with E-state index in [1.54, 1.807) is 12.1 Å². The van der Waals surface area contributed by atoms with E-state index in [-0.39, 0.29) is 21.5 Å². The number of sulfonamides is 1. The molecule has 0 unspecified atom stereocenters. The van der Waals surface area contributed by atoms with Crippen molar-refractivity contribution in [2.24, 2.45) is 5.41 Å². The third-order valence-electron chi connectivity index (χ3n) is 5.47. The van der Waals surface area contributed by atoms with Gasteiger partial charge in [-0.1, -0.05) is 66.5 Å². The molecule has 0 radical (unpaired) electrons. The molecule has 134 valence electrons. The van der Waals surface area contributed by atoms with Gasteiger partial charge >= 0.3 is 0 Å². The van der Waals surface area contributed by atoms with E-state index >= 15 is 0 Å².